The van der Waals surface area contributed by atoms with Crippen LogP contribution in [0.3, 0.4) is 0 Å². The summed E-state index contributed by atoms with van der Waals surface area (Å²) in [6.07, 6.45) is 11.0. The fourth-order valence-electron chi connectivity index (χ4n) is 7.14. The first-order valence-corrected chi connectivity index (χ1v) is 12.8. The molecular formula is C27H38N4O. The number of nitrogens with zero attached hydrogens (tertiary/aromatic N) is 1. The number of nitrogens with one attached hydrogen (secondary N) is 3. The van der Waals surface area contributed by atoms with Crippen LogP contribution in [0.5, 0.6) is 0 Å². The smallest absolute Gasteiger partial charge is 0.224 e. The molecule has 1 aromatic carbocycles. The number of anilines is 2. The highest BCUT2D eigenvalue weighted by Gasteiger charge is 2.51. The Kier molecular flexibility index (Phi) is 6.36. The summed E-state index contributed by atoms with van der Waals surface area (Å²) in [5, 5.41) is 11.1. The molecule has 5 nitrogen and oxygen atoms in total. The monoisotopic (exact) mass is 434 g/mol. The zero-order chi connectivity index (χ0) is 22.0. The van der Waals surface area contributed by atoms with Gasteiger partial charge in [0.05, 0.1) is 11.2 Å². The van der Waals surface area contributed by atoms with Gasteiger partial charge in [0.15, 0.2) is 0 Å². The highest BCUT2D eigenvalue weighted by molar-refractivity contribution is 6.01. The number of hydrogen-bond donors (Lipinski definition) is 3. The van der Waals surface area contributed by atoms with Crippen LogP contribution in [0.15, 0.2) is 30.3 Å². The molecule has 3 N–H and O–H groups in total. The minimum atomic E-state index is 0.182. The number of aromatic nitrogens is 1. The van der Waals surface area contributed by atoms with Gasteiger partial charge in [-0.3, -0.25) is 4.79 Å². The van der Waals surface area contributed by atoms with Crippen LogP contribution < -0.4 is 16.0 Å². The van der Waals surface area contributed by atoms with E-state index in [-0.39, 0.29) is 11.3 Å². The van der Waals surface area contributed by atoms with E-state index in [1.165, 1.54) is 44.9 Å². The van der Waals surface area contributed by atoms with E-state index in [0.717, 1.165) is 66.2 Å². The summed E-state index contributed by atoms with van der Waals surface area (Å²) >= 11 is 0. The Balaban J connectivity index is 1.20. The summed E-state index contributed by atoms with van der Waals surface area (Å²) in [6.45, 7) is 5.18. The van der Waals surface area contributed by atoms with Gasteiger partial charge in [-0.1, -0.05) is 13.0 Å². The minimum Gasteiger partial charge on any atom is -0.370 e. The number of fused-ring (bicyclic) bond motifs is 1. The second-order valence-corrected chi connectivity index (χ2v) is 10.7. The van der Waals surface area contributed by atoms with Crippen LogP contribution in [0, 0.1) is 23.2 Å². The molecule has 0 saturated heterocycles. The van der Waals surface area contributed by atoms with E-state index in [0.29, 0.717) is 6.42 Å². The van der Waals surface area contributed by atoms with E-state index in [2.05, 4.69) is 28.9 Å². The Labute approximate surface area is 192 Å². The Morgan fingerprint density at radius 2 is 1.75 bits per heavy atom. The Bertz CT molecular complexity index is 921. The quantitative estimate of drug-likeness (QED) is 0.427. The Morgan fingerprint density at radius 3 is 2.47 bits per heavy atom. The van der Waals surface area contributed by atoms with E-state index in [4.69, 9.17) is 4.98 Å². The molecule has 0 radical (unpaired) electrons. The lowest BCUT2D eigenvalue weighted by molar-refractivity contribution is -0.124. The molecule has 4 saturated carbocycles. The van der Waals surface area contributed by atoms with E-state index in [1.807, 2.05) is 24.3 Å². The lowest BCUT2D eigenvalue weighted by Crippen LogP contribution is -2.47. The van der Waals surface area contributed by atoms with Crippen molar-refractivity contribution in [2.24, 2.45) is 23.2 Å². The number of benzene rings is 1. The molecule has 0 spiro atoms. The maximum Gasteiger partial charge on any atom is 0.224 e. The summed E-state index contributed by atoms with van der Waals surface area (Å²) in [7, 11) is 0. The second-order valence-electron chi connectivity index (χ2n) is 10.7. The van der Waals surface area contributed by atoms with Crippen LogP contribution in [0.25, 0.3) is 10.9 Å². The summed E-state index contributed by atoms with van der Waals surface area (Å²) in [4.78, 5) is 17.9. The van der Waals surface area contributed by atoms with Crippen LogP contribution in [-0.2, 0) is 4.79 Å². The number of carbonyl (C=O) groups is 1. The fourth-order valence-corrected chi connectivity index (χ4v) is 7.14. The van der Waals surface area contributed by atoms with Gasteiger partial charge < -0.3 is 16.0 Å². The van der Waals surface area contributed by atoms with Crippen LogP contribution >= 0.6 is 0 Å². The number of pyridine rings is 1. The maximum absolute atomic E-state index is 13.1. The van der Waals surface area contributed by atoms with E-state index in [1.54, 1.807) is 0 Å². The number of hydrogen-bond acceptors (Lipinski definition) is 4. The zero-order valence-corrected chi connectivity index (χ0v) is 19.5. The third-order valence-electron chi connectivity index (χ3n) is 7.97. The first-order valence-electron chi connectivity index (χ1n) is 12.8. The van der Waals surface area contributed by atoms with Crippen molar-refractivity contribution in [2.45, 2.75) is 64.7 Å². The third-order valence-corrected chi connectivity index (χ3v) is 7.97. The van der Waals surface area contributed by atoms with Gasteiger partial charge in [0.1, 0.15) is 5.82 Å². The Morgan fingerprint density at radius 1 is 1.00 bits per heavy atom. The number of carbonyl (C=O) groups excluding carboxylic acids is 1. The molecule has 4 bridgehead atoms. The van der Waals surface area contributed by atoms with Crippen LogP contribution in [0.2, 0.25) is 0 Å². The number of rotatable bonds is 10. The first kappa shape index (κ1) is 21.7. The summed E-state index contributed by atoms with van der Waals surface area (Å²) in [6, 6.07) is 10.1. The SMILES string of the molecule is CCCNCCCNc1ccc2c(NC(=O)CC34CC5CC(CC(C5)C3)C4)cccc2n1. The molecule has 0 aliphatic heterocycles. The lowest BCUT2D eigenvalue weighted by Gasteiger charge is -2.56. The van der Waals surface area contributed by atoms with E-state index < -0.39 is 0 Å². The molecule has 2 aromatic rings. The molecule has 6 rings (SSSR count). The van der Waals surface area contributed by atoms with Gasteiger partial charge in [0.2, 0.25) is 5.91 Å². The molecule has 32 heavy (non-hydrogen) atoms. The maximum atomic E-state index is 13.1. The standard InChI is InChI=1S/C27H38N4O/c1-2-9-28-10-4-11-29-25-8-7-22-23(30-25)5-3-6-24(22)31-26(32)18-27-15-19-12-20(16-27)14-21(13-19)17-27/h3,5-8,19-21,28H,2,4,9-18H2,1H3,(H,29,30)(H,31,32). The summed E-state index contributed by atoms with van der Waals surface area (Å²) < 4.78 is 0. The van der Waals surface area contributed by atoms with Crippen molar-refractivity contribution >= 4 is 28.3 Å². The summed E-state index contributed by atoms with van der Waals surface area (Å²) in [5.41, 5.74) is 2.08. The average molecular weight is 435 g/mol. The number of amides is 1. The predicted octanol–water partition coefficient (Wildman–Crippen LogP) is 5.58. The molecule has 0 atom stereocenters. The topological polar surface area (TPSA) is 66.0 Å². The molecule has 1 aromatic heterocycles. The molecular weight excluding hydrogens is 396 g/mol. The summed E-state index contributed by atoms with van der Waals surface area (Å²) in [5.74, 6) is 3.71. The van der Waals surface area contributed by atoms with Gasteiger partial charge in [0.25, 0.3) is 0 Å². The Hall–Kier alpha value is -2.14. The highest BCUT2D eigenvalue weighted by atomic mass is 16.1. The molecule has 4 aliphatic rings. The van der Waals surface area contributed by atoms with Gasteiger partial charge in [-0.2, -0.15) is 0 Å². The molecule has 5 heteroatoms. The highest BCUT2D eigenvalue weighted by Crippen LogP contribution is 2.61. The molecule has 1 heterocycles. The van der Waals surface area contributed by atoms with Crippen LogP contribution in [0.4, 0.5) is 11.5 Å². The van der Waals surface area contributed by atoms with Gasteiger partial charge in [-0.25, -0.2) is 4.98 Å². The third kappa shape index (κ3) is 4.78. The minimum absolute atomic E-state index is 0.182. The largest absolute Gasteiger partial charge is 0.370 e. The lowest BCUT2D eigenvalue weighted by atomic mass is 9.49. The molecule has 0 unspecified atom stereocenters. The van der Waals surface area contributed by atoms with E-state index >= 15 is 0 Å². The van der Waals surface area contributed by atoms with Crippen LogP contribution in [0.1, 0.15) is 64.7 Å². The van der Waals surface area contributed by atoms with Crippen LogP contribution in [-0.4, -0.2) is 30.5 Å². The molecule has 1 amide bonds. The average Bonchev–Trinajstić information content (AvgIpc) is 2.75. The van der Waals surface area contributed by atoms with Crippen molar-refractivity contribution in [1.29, 1.82) is 0 Å². The van der Waals surface area contributed by atoms with Gasteiger partial charge in [-0.05, 0) is 112 Å². The van der Waals surface area contributed by atoms with Crippen molar-refractivity contribution in [3.8, 4) is 0 Å². The first-order chi connectivity index (χ1) is 15.6. The predicted molar refractivity (Wildman–Crippen MR) is 132 cm³/mol. The van der Waals surface area contributed by atoms with Crippen molar-refractivity contribution in [3.63, 3.8) is 0 Å². The van der Waals surface area contributed by atoms with Crippen molar-refractivity contribution in [3.05, 3.63) is 30.3 Å². The molecule has 4 fully saturated rings. The van der Waals surface area contributed by atoms with Gasteiger partial charge in [-0.15, -0.1) is 0 Å². The second kappa shape index (κ2) is 9.38. The van der Waals surface area contributed by atoms with E-state index in [9.17, 15) is 4.79 Å². The molecule has 172 valence electrons. The van der Waals surface area contributed by atoms with Crippen molar-refractivity contribution in [2.75, 3.05) is 30.3 Å². The zero-order valence-electron chi connectivity index (χ0n) is 19.5. The molecule has 4 aliphatic carbocycles. The van der Waals surface area contributed by atoms with Crippen molar-refractivity contribution in [1.82, 2.24) is 10.3 Å². The van der Waals surface area contributed by atoms with Crippen molar-refractivity contribution < 1.29 is 4.79 Å². The normalized spacial score (nSPS) is 28.2. The van der Waals surface area contributed by atoms with Gasteiger partial charge in [0, 0.05) is 18.4 Å². The van der Waals surface area contributed by atoms with Gasteiger partial charge >= 0.3 is 0 Å². The fraction of sp³-hybridized carbons (Fsp3) is 0.630.